The van der Waals surface area contributed by atoms with E-state index in [0.717, 1.165) is 27.6 Å². The van der Waals surface area contributed by atoms with Crippen LogP contribution in [0.2, 0.25) is 10.0 Å². The second-order valence-corrected chi connectivity index (χ2v) is 5.57. The van der Waals surface area contributed by atoms with Crippen LogP contribution in [0.5, 0.6) is 11.6 Å². The largest absolute Gasteiger partial charge is 0.497 e. The van der Waals surface area contributed by atoms with Crippen molar-refractivity contribution in [1.82, 2.24) is 4.98 Å². The van der Waals surface area contributed by atoms with Crippen LogP contribution in [0.25, 0.3) is 21.9 Å². The molecule has 0 saturated heterocycles. The molecule has 0 aliphatic heterocycles. The van der Waals surface area contributed by atoms with E-state index < -0.39 is 0 Å². The summed E-state index contributed by atoms with van der Waals surface area (Å²) in [6, 6.07) is 11.3. The van der Waals surface area contributed by atoms with Crippen molar-refractivity contribution in [3.8, 4) is 22.8 Å². The molecule has 3 nitrogen and oxygen atoms in total. The third-order valence-corrected chi connectivity index (χ3v) is 3.96. The number of rotatable bonds is 3. The number of hydrogen-bond acceptors (Lipinski definition) is 3. The molecular formula is C17H13Cl2NO2. The number of nitrogens with zero attached hydrogens (tertiary/aromatic N) is 1. The molecule has 22 heavy (non-hydrogen) atoms. The molecule has 0 N–H and O–H groups in total. The maximum atomic E-state index is 6.42. The molecule has 0 aliphatic carbocycles. The summed E-state index contributed by atoms with van der Waals surface area (Å²) in [7, 11) is 3.21. The average molecular weight is 334 g/mol. The number of pyridine rings is 1. The van der Waals surface area contributed by atoms with Crippen LogP contribution in [0.15, 0.2) is 42.6 Å². The molecule has 0 spiro atoms. The van der Waals surface area contributed by atoms with Gasteiger partial charge in [-0.25, -0.2) is 4.98 Å². The lowest BCUT2D eigenvalue weighted by Crippen LogP contribution is -1.93. The fraction of sp³-hybridized carbons (Fsp3) is 0.118. The zero-order valence-electron chi connectivity index (χ0n) is 12.1. The highest BCUT2D eigenvalue weighted by molar-refractivity contribution is 6.39. The van der Waals surface area contributed by atoms with Crippen LogP contribution in [0, 0.1) is 0 Å². The average Bonchev–Trinajstić information content (AvgIpc) is 2.53. The van der Waals surface area contributed by atoms with Gasteiger partial charge in [-0.2, -0.15) is 0 Å². The van der Waals surface area contributed by atoms with E-state index in [0.29, 0.717) is 15.9 Å². The van der Waals surface area contributed by atoms with Crippen molar-refractivity contribution in [2.45, 2.75) is 0 Å². The molecule has 112 valence electrons. The van der Waals surface area contributed by atoms with Crippen LogP contribution < -0.4 is 9.47 Å². The molecule has 0 aliphatic rings. The normalized spacial score (nSPS) is 10.7. The maximum absolute atomic E-state index is 6.42. The number of halogens is 2. The summed E-state index contributed by atoms with van der Waals surface area (Å²) in [5.41, 5.74) is 1.86. The van der Waals surface area contributed by atoms with Crippen molar-refractivity contribution in [3.05, 3.63) is 52.6 Å². The third-order valence-electron chi connectivity index (χ3n) is 3.44. The van der Waals surface area contributed by atoms with Gasteiger partial charge in [-0.3, -0.25) is 0 Å². The first-order chi connectivity index (χ1) is 10.6. The van der Waals surface area contributed by atoms with E-state index in [9.17, 15) is 0 Å². The second-order valence-electron chi connectivity index (χ2n) is 4.72. The van der Waals surface area contributed by atoms with E-state index in [1.165, 1.54) is 0 Å². The fourth-order valence-electron chi connectivity index (χ4n) is 2.45. The van der Waals surface area contributed by atoms with Crippen LogP contribution in [0.4, 0.5) is 0 Å². The number of methoxy groups -OCH3 is 2. The number of ether oxygens (including phenoxy) is 2. The Morgan fingerprint density at radius 2 is 1.82 bits per heavy atom. The lowest BCUT2D eigenvalue weighted by Gasteiger charge is -2.12. The third kappa shape index (κ3) is 2.58. The summed E-state index contributed by atoms with van der Waals surface area (Å²) >= 11 is 12.5. The summed E-state index contributed by atoms with van der Waals surface area (Å²) in [5, 5.41) is 2.73. The van der Waals surface area contributed by atoms with Crippen LogP contribution in [0.1, 0.15) is 0 Å². The molecule has 0 atom stereocenters. The van der Waals surface area contributed by atoms with Gasteiger partial charge in [-0.1, -0.05) is 35.3 Å². The minimum Gasteiger partial charge on any atom is -0.497 e. The van der Waals surface area contributed by atoms with Crippen LogP contribution >= 0.6 is 23.2 Å². The van der Waals surface area contributed by atoms with Crippen molar-refractivity contribution >= 4 is 34.0 Å². The van der Waals surface area contributed by atoms with Crippen LogP contribution in [-0.4, -0.2) is 19.2 Å². The Hall–Kier alpha value is -1.97. The monoisotopic (exact) mass is 333 g/mol. The van der Waals surface area contributed by atoms with Gasteiger partial charge < -0.3 is 9.47 Å². The lowest BCUT2D eigenvalue weighted by atomic mass is 10.0. The topological polar surface area (TPSA) is 31.4 Å². The first-order valence-corrected chi connectivity index (χ1v) is 7.36. The van der Waals surface area contributed by atoms with Gasteiger partial charge in [0.1, 0.15) is 5.75 Å². The van der Waals surface area contributed by atoms with Gasteiger partial charge in [0.25, 0.3) is 0 Å². The quantitative estimate of drug-likeness (QED) is 0.657. The molecule has 0 saturated carbocycles. The van der Waals surface area contributed by atoms with Gasteiger partial charge >= 0.3 is 0 Å². The predicted octanol–water partition coefficient (Wildman–Crippen LogP) is 5.23. The second kappa shape index (κ2) is 6.03. The van der Waals surface area contributed by atoms with E-state index in [4.69, 9.17) is 32.7 Å². The van der Waals surface area contributed by atoms with E-state index in [1.54, 1.807) is 32.5 Å². The van der Waals surface area contributed by atoms with Gasteiger partial charge in [-0.15, -0.1) is 0 Å². The SMILES string of the molecule is COc1cccc(-c2cnc(OC)c3cc(Cl)cc(Cl)c23)c1. The van der Waals surface area contributed by atoms with E-state index in [2.05, 4.69) is 4.98 Å². The molecule has 5 heteroatoms. The van der Waals surface area contributed by atoms with Crippen molar-refractivity contribution in [2.24, 2.45) is 0 Å². The van der Waals surface area contributed by atoms with Crippen molar-refractivity contribution in [2.75, 3.05) is 14.2 Å². The smallest absolute Gasteiger partial charge is 0.221 e. The van der Waals surface area contributed by atoms with Gasteiger partial charge in [0.2, 0.25) is 5.88 Å². The van der Waals surface area contributed by atoms with Crippen molar-refractivity contribution < 1.29 is 9.47 Å². The molecule has 0 fully saturated rings. The Labute approximate surface area is 138 Å². The molecule has 0 amide bonds. The molecule has 0 unspecified atom stereocenters. The molecular weight excluding hydrogens is 321 g/mol. The highest BCUT2D eigenvalue weighted by Crippen LogP contribution is 2.39. The summed E-state index contributed by atoms with van der Waals surface area (Å²) in [6.07, 6.45) is 1.75. The number of benzene rings is 2. The Kier molecular flexibility index (Phi) is 4.10. The maximum Gasteiger partial charge on any atom is 0.221 e. The van der Waals surface area contributed by atoms with E-state index >= 15 is 0 Å². The Morgan fingerprint density at radius 3 is 2.55 bits per heavy atom. The standard InChI is InChI=1S/C17H13Cl2NO2/c1-21-12-5-3-4-10(6-12)14-9-20-17(22-2)13-7-11(18)8-15(19)16(13)14/h3-9H,1-2H3. The number of hydrogen-bond donors (Lipinski definition) is 0. The molecule has 2 aromatic carbocycles. The Morgan fingerprint density at radius 1 is 1.00 bits per heavy atom. The van der Waals surface area contributed by atoms with Gasteiger partial charge in [0, 0.05) is 27.6 Å². The van der Waals surface area contributed by atoms with Gasteiger partial charge in [0.15, 0.2) is 0 Å². The molecule has 0 radical (unpaired) electrons. The minimum absolute atomic E-state index is 0.492. The van der Waals surface area contributed by atoms with Crippen LogP contribution in [-0.2, 0) is 0 Å². The Balaban J connectivity index is 2.35. The number of fused-ring (bicyclic) bond motifs is 1. The van der Waals surface area contributed by atoms with Gasteiger partial charge in [-0.05, 0) is 29.8 Å². The zero-order chi connectivity index (χ0) is 15.7. The van der Waals surface area contributed by atoms with E-state index in [1.807, 2.05) is 24.3 Å². The number of aromatic nitrogens is 1. The first-order valence-electron chi connectivity index (χ1n) is 6.60. The van der Waals surface area contributed by atoms with E-state index in [-0.39, 0.29) is 0 Å². The van der Waals surface area contributed by atoms with Crippen LogP contribution in [0.3, 0.4) is 0 Å². The lowest BCUT2D eigenvalue weighted by molar-refractivity contribution is 0.403. The highest BCUT2D eigenvalue weighted by Gasteiger charge is 2.14. The molecule has 1 heterocycles. The summed E-state index contributed by atoms with van der Waals surface area (Å²) in [4.78, 5) is 4.36. The molecule has 3 rings (SSSR count). The first kappa shape index (κ1) is 14.9. The molecule has 1 aromatic heterocycles. The predicted molar refractivity (Wildman–Crippen MR) is 90.3 cm³/mol. The fourth-order valence-corrected chi connectivity index (χ4v) is 3.04. The van der Waals surface area contributed by atoms with Gasteiger partial charge in [0.05, 0.1) is 19.2 Å². The van der Waals surface area contributed by atoms with Crippen molar-refractivity contribution in [3.63, 3.8) is 0 Å². The summed E-state index contributed by atoms with van der Waals surface area (Å²) in [6.45, 7) is 0. The summed E-state index contributed by atoms with van der Waals surface area (Å²) in [5.74, 6) is 1.26. The summed E-state index contributed by atoms with van der Waals surface area (Å²) < 4.78 is 10.6. The minimum atomic E-state index is 0.492. The zero-order valence-corrected chi connectivity index (χ0v) is 13.6. The highest BCUT2D eigenvalue weighted by atomic mass is 35.5. The molecule has 0 bridgehead atoms. The van der Waals surface area contributed by atoms with Crippen molar-refractivity contribution in [1.29, 1.82) is 0 Å². The Bertz CT molecular complexity index is 849. The molecule has 3 aromatic rings.